The maximum absolute atomic E-state index is 12.8. The fourth-order valence-corrected chi connectivity index (χ4v) is 4.12. The fourth-order valence-electron chi connectivity index (χ4n) is 2.40. The van der Waals surface area contributed by atoms with Crippen molar-refractivity contribution in [3.63, 3.8) is 0 Å². The highest BCUT2D eigenvalue weighted by Gasteiger charge is 2.38. The molecule has 0 radical (unpaired) electrons. The van der Waals surface area contributed by atoms with Crippen molar-refractivity contribution >= 4 is 10.0 Å². The molecular formula is C15H20N2O3S. The summed E-state index contributed by atoms with van der Waals surface area (Å²) in [6, 6.07) is 8.09. The summed E-state index contributed by atoms with van der Waals surface area (Å²) < 4.78 is 32.2. The quantitative estimate of drug-likeness (QED) is 0.772. The van der Waals surface area contributed by atoms with Crippen LogP contribution in [-0.2, 0) is 14.8 Å². The zero-order valence-electron chi connectivity index (χ0n) is 12.3. The van der Waals surface area contributed by atoms with Crippen LogP contribution in [0.15, 0.2) is 29.2 Å². The van der Waals surface area contributed by atoms with Gasteiger partial charge in [-0.25, -0.2) is 8.42 Å². The lowest BCUT2D eigenvalue weighted by Crippen LogP contribution is -2.41. The summed E-state index contributed by atoms with van der Waals surface area (Å²) in [4.78, 5) is 0.171. The summed E-state index contributed by atoms with van der Waals surface area (Å²) in [6.07, 6.45) is 2.14. The zero-order chi connectivity index (χ0) is 15.5. The lowest BCUT2D eigenvalue weighted by atomic mass is 10.2. The molecule has 1 aliphatic carbocycles. The van der Waals surface area contributed by atoms with Crippen LogP contribution in [0.3, 0.4) is 0 Å². The molecule has 0 N–H and O–H groups in total. The Kier molecular flexibility index (Phi) is 4.99. The number of sulfonamides is 1. The molecule has 0 amide bonds. The van der Waals surface area contributed by atoms with Crippen molar-refractivity contribution in [2.45, 2.75) is 30.7 Å². The molecule has 1 atom stereocenters. The molecule has 1 fully saturated rings. The normalized spacial score (nSPS) is 16.7. The molecule has 2 rings (SSSR count). The van der Waals surface area contributed by atoms with Crippen LogP contribution in [0.4, 0.5) is 0 Å². The minimum absolute atomic E-state index is 0.0455. The SMILES string of the molecule is COCCN([C@H](C)C1CC1)S(=O)(=O)c1cccc(C#N)c1. The van der Waals surface area contributed by atoms with E-state index in [-0.39, 0.29) is 10.9 Å². The van der Waals surface area contributed by atoms with Gasteiger partial charge in [0.05, 0.1) is 23.1 Å². The number of hydrogen-bond donors (Lipinski definition) is 0. The highest BCUT2D eigenvalue weighted by atomic mass is 32.2. The zero-order valence-corrected chi connectivity index (χ0v) is 13.1. The number of nitrogens with zero attached hydrogens (tertiary/aromatic N) is 2. The van der Waals surface area contributed by atoms with Crippen molar-refractivity contribution in [1.29, 1.82) is 5.26 Å². The smallest absolute Gasteiger partial charge is 0.243 e. The second-order valence-corrected chi connectivity index (χ2v) is 7.22. The van der Waals surface area contributed by atoms with Gasteiger partial charge in [-0.15, -0.1) is 0 Å². The largest absolute Gasteiger partial charge is 0.383 e. The Bertz CT molecular complexity index is 633. The molecule has 1 saturated carbocycles. The van der Waals surface area contributed by atoms with E-state index >= 15 is 0 Å². The van der Waals surface area contributed by atoms with Crippen molar-refractivity contribution < 1.29 is 13.2 Å². The van der Waals surface area contributed by atoms with Gasteiger partial charge in [0.15, 0.2) is 0 Å². The maximum Gasteiger partial charge on any atom is 0.243 e. The van der Waals surface area contributed by atoms with Gasteiger partial charge >= 0.3 is 0 Å². The molecule has 0 bridgehead atoms. The summed E-state index contributed by atoms with van der Waals surface area (Å²) in [7, 11) is -2.05. The Hall–Kier alpha value is -1.42. The molecule has 1 aromatic rings. The van der Waals surface area contributed by atoms with Gasteiger partial charge < -0.3 is 4.74 Å². The van der Waals surface area contributed by atoms with E-state index in [9.17, 15) is 8.42 Å². The van der Waals surface area contributed by atoms with Gasteiger partial charge in [0.2, 0.25) is 10.0 Å². The lowest BCUT2D eigenvalue weighted by Gasteiger charge is -2.28. The molecule has 0 aliphatic heterocycles. The molecule has 0 unspecified atom stereocenters. The molecule has 114 valence electrons. The molecule has 0 aromatic heterocycles. The van der Waals surface area contributed by atoms with E-state index in [0.717, 1.165) is 12.8 Å². The molecule has 1 aliphatic rings. The first-order chi connectivity index (χ1) is 10.0. The summed E-state index contributed by atoms with van der Waals surface area (Å²) in [5.74, 6) is 0.427. The number of ether oxygens (including phenoxy) is 1. The van der Waals surface area contributed by atoms with Gasteiger partial charge in [-0.2, -0.15) is 9.57 Å². The molecule has 21 heavy (non-hydrogen) atoms. The van der Waals surface area contributed by atoms with Crippen LogP contribution in [0.5, 0.6) is 0 Å². The second kappa shape index (κ2) is 6.56. The van der Waals surface area contributed by atoms with E-state index < -0.39 is 10.0 Å². The predicted octanol–water partition coefficient (Wildman–Crippen LogP) is 1.99. The summed E-state index contributed by atoms with van der Waals surface area (Å²) >= 11 is 0. The molecule has 0 heterocycles. The highest BCUT2D eigenvalue weighted by molar-refractivity contribution is 7.89. The van der Waals surface area contributed by atoms with E-state index in [1.165, 1.54) is 16.4 Å². The monoisotopic (exact) mass is 308 g/mol. The van der Waals surface area contributed by atoms with Crippen LogP contribution in [0.2, 0.25) is 0 Å². The van der Waals surface area contributed by atoms with Crippen LogP contribution in [0.1, 0.15) is 25.3 Å². The highest BCUT2D eigenvalue weighted by Crippen LogP contribution is 2.37. The van der Waals surface area contributed by atoms with Crippen LogP contribution < -0.4 is 0 Å². The number of rotatable bonds is 7. The van der Waals surface area contributed by atoms with Gasteiger partial charge in [0.25, 0.3) is 0 Å². The van der Waals surface area contributed by atoms with Crippen molar-refractivity contribution in [3.8, 4) is 6.07 Å². The number of methoxy groups -OCH3 is 1. The Balaban J connectivity index is 2.33. The van der Waals surface area contributed by atoms with Crippen molar-refractivity contribution in [1.82, 2.24) is 4.31 Å². The topological polar surface area (TPSA) is 70.4 Å². The van der Waals surface area contributed by atoms with Crippen molar-refractivity contribution in [2.24, 2.45) is 5.92 Å². The number of hydrogen-bond acceptors (Lipinski definition) is 4. The van der Waals surface area contributed by atoms with Crippen molar-refractivity contribution in [3.05, 3.63) is 29.8 Å². The van der Waals surface area contributed by atoms with Crippen molar-refractivity contribution in [2.75, 3.05) is 20.3 Å². The van der Waals surface area contributed by atoms with Gasteiger partial charge in [-0.1, -0.05) is 6.07 Å². The van der Waals surface area contributed by atoms with E-state index in [1.807, 2.05) is 13.0 Å². The molecule has 5 nitrogen and oxygen atoms in total. The predicted molar refractivity (Wildman–Crippen MR) is 79.1 cm³/mol. The first-order valence-corrected chi connectivity index (χ1v) is 8.45. The number of benzene rings is 1. The Morgan fingerprint density at radius 3 is 2.76 bits per heavy atom. The third kappa shape index (κ3) is 3.62. The first-order valence-electron chi connectivity index (χ1n) is 7.01. The van der Waals surface area contributed by atoms with Gasteiger partial charge in [0.1, 0.15) is 0 Å². The van der Waals surface area contributed by atoms with E-state index in [0.29, 0.717) is 24.6 Å². The summed E-state index contributed by atoms with van der Waals surface area (Å²) in [5, 5.41) is 8.94. The minimum atomic E-state index is -3.61. The Morgan fingerprint density at radius 1 is 1.48 bits per heavy atom. The standard InChI is InChI=1S/C15H20N2O3S/c1-12(14-6-7-14)17(8-9-20-2)21(18,19)15-5-3-4-13(10-15)11-16/h3-5,10,12,14H,6-9H2,1-2H3/t12-/m1/s1. The van der Waals surface area contributed by atoms with Crippen LogP contribution in [0.25, 0.3) is 0 Å². The van der Waals surface area contributed by atoms with E-state index in [1.54, 1.807) is 19.2 Å². The molecular weight excluding hydrogens is 288 g/mol. The summed E-state index contributed by atoms with van der Waals surface area (Å²) in [5.41, 5.74) is 0.349. The minimum Gasteiger partial charge on any atom is -0.383 e. The third-order valence-electron chi connectivity index (χ3n) is 3.84. The third-order valence-corrected chi connectivity index (χ3v) is 5.83. The van der Waals surface area contributed by atoms with E-state index in [4.69, 9.17) is 10.00 Å². The van der Waals surface area contributed by atoms with Gasteiger partial charge in [-0.3, -0.25) is 0 Å². The molecule has 1 aromatic carbocycles. The molecule has 0 saturated heterocycles. The van der Waals surface area contributed by atoms with Gasteiger partial charge in [-0.05, 0) is 43.9 Å². The lowest BCUT2D eigenvalue weighted by molar-refractivity contribution is 0.164. The van der Waals surface area contributed by atoms with Crippen LogP contribution >= 0.6 is 0 Å². The fraction of sp³-hybridized carbons (Fsp3) is 0.533. The Morgan fingerprint density at radius 2 is 2.19 bits per heavy atom. The number of nitriles is 1. The average Bonchev–Trinajstić information content (AvgIpc) is 3.32. The Labute approximate surface area is 126 Å². The molecule has 6 heteroatoms. The van der Waals surface area contributed by atoms with E-state index in [2.05, 4.69) is 0 Å². The maximum atomic E-state index is 12.8. The second-order valence-electron chi connectivity index (χ2n) is 5.33. The molecule has 0 spiro atoms. The van der Waals surface area contributed by atoms with Crippen LogP contribution in [0, 0.1) is 17.2 Å². The van der Waals surface area contributed by atoms with Gasteiger partial charge in [0, 0.05) is 19.7 Å². The van der Waals surface area contributed by atoms with Crippen LogP contribution in [-0.4, -0.2) is 39.0 Å². The average molecular weight is 308 g/mol. The first kappa shape index (κ1) is 16.0. The summed E-state index contributed by atoms with van der Waals surface area (Å²) in [6.45, 7) is 2.63.